The molecule has 1 heterocycles. The lowest BCUT2D eigenvalue weighted by Gasteiger charge is -2.32. The van der Waals surface area contributed by atoms with Gasteiger partial charge >= 0.3 is 0 Å². The molecule has 1 N–H and O–H groups in total. The number of hydrogen-bond donors (Lipinski definition) is 1. The fourth-order valence-electron chi connectivity index (χ4n) is 1.96. The van der Waals surface area contributed by atoms with Crippen molar-refractivity contribution >= 4 is 5.91 Å². The molecule has 0 spiro atoms. The molecule has 0 aromatic rings. The standard InChI is InChI=1S/C12H22N2O/c1-4-12(15)14-7-5-6-11(9-14)8-13-10(2)3/h4,10-11,13H,1,5-9H2,2-3H3. The van der Waals surface area contributed by atoms with Crippen LogP contribution in [0.4, 0.5) is 0 Å². The first-order valence-electron chi connectivity index (χ1n) is 5.78. The molecule has 1 fully saturated rings. The Labute approximate surface area is 92.5 Å². The predicted octanol–water partition coefficient (Wildman–Crippen LogP) is 1.41. The van der Waals surface area contributed by atoms with Crippen LogP contribution in [0.2, 0.25) is 0 Å². The summed E-state index contributed by atoms with van der Waals surface area (Å²) in [7, 11) is 0. The Morgan fingerprint density at radius 2 is 2.40 bits per heavy atom. The van der Waals surface area contributed by atoms with Crippen molar-refractivity contribution in [2.45, 2.75) is 32.7 Å². The third kappa shape index (κ3) is 4.04. The van der Waals surface area contributed by atoms with Crippen LogP contribution in [-0.4, -0.2) is 36.5 Å². The molecule has 1 atom stereocenters. The second-order valence-corrected chi connectivity index (χ2v) is 4.56. The van der Waals surface area contributed by atoms with Crippen LogP contribution in [0.3, 0.4) is 0 Å². The van der Waals surface area contributed by atoms with E-state index in [1.165, 1.54) is 12.5 Å². The first-order chi connectivity index (χ1) is 7.13. The number of nitrogens with zero attached hydrogens (tertiary/aromatic N) is 1. The molecular weight excluding hydrogens is 188 g/mol. The van der Waals surface area contributed by atoms with E-state index >= 15 is 0 Å². The smallest absolute Gasteiger partial charge is 0.245 e. The zero-order chi connectivity index (χ0) is 11.3. The molecule has 3 heteroatoms. The van der Waals surface area contributed by atoms with Crippen LogP contribution in [0.5, 0.6) is 0 Å². The Hall–Kier alpha value is -0.830. The molecular formula is C12H22N2O. The van der Waals surface area contributed by atoms with E-state index in [9.17, 15) is 4.79 Å². The fraction of sp³-hybridized carbons (Fsp3) is 0.750. The topological polar surface area (TPSA) is 32.3 Å². The van der Waals surface area contributed by atoms with Crippen LogP contribution in [0, 0.1) is 5.92 Å². The molecule has 1 saturated heterocycles. The van der Waals surface area contributed by atoms with E-state index < -0.39 is 0 Å². The summed E-state index contributed by atoms with van der Waals surface area (Å²) in [5, 5.41) is 3.43. The molecule has 0 aromatic heterocycles. The minimum Gasteiger partial charge on any atom is -0.339 e. The van der Waals surface area contributed by atoms with Crippen LogP contribution >= 0.6 is 0 Å². The van der Waals surface area contributed by atoms with Gasteiger partial charge in [-0.2, -0.15) is 0 Å². The van der Waals surface area contributed by atoms with Crippen LogP contribution in [0.1, 0.15) is 26.7 Å². The van der Waals surface area contributed by atoms with Crippen molar-refractivity contribution in [1.29, 1.82) is 0 Å². The van der Waals surface area contributed by atoms with Gasteiger partial charge in [0.2, 0.25) is 5.91 Å². The fourth-order valence-corrected chi connectivity index (χ4v) is 1.96. The summed E-state index contributed by atoms with van der Waals surface area (Å²) in [5.74, 6) is 0.675. The van der Waals surface area contributed by atoms with E-state index in [1.807, 2.05) is 4.90 Å². The molecule has 0 bridgehead atoms. The van der Waals surface area contributed by atoms with Gasteiger partial charge in [-0.3, -0.25) is 4.79 Å². The van der Waals surface area contributed by atoms with Crippen molar-refractivity contribution in [2.24, 2.45) is 5.92 Å². The normalized spacial score (nSPS) is 21.8. The monoisotopic (exact) mass is 210 g/mol. The Morgan fingerprint density at radius 1 is 1.67 bits per heavy atom. The number of rotatable bonds is 4. The molecule has 1 unspecified atom stereocenters. The number of nitrogens with one attached hydrogen (secondary N) is 1. The second-order valence-electron chi connectivity index (χ2n) is 4.56. The maximum Gasteiger partial charge on any atom is 0.245 e. The van der Waals surface area contributed by atoms with Gasteiger partial charge in [-0.05, 0) is 31.4 Å². The van der Waals surface area contributed by atoms with Gasteiger partial charge in [0.25, 0.3) is 0 Å². The molecule has 1 aliphatic heterocycles. The summed E-state index contributed by atoms with van der Waals surface area (Å²) in [6, 6.07) is 0.524. The minimum absolute atomic E-state index is 0.0734. The van der Waals surface area contributed by atoms with E-state index in [0.717, 1.165) is 26.1 Å². The van der Waals surface area contributed by atoms with Gasteiger partial charge in [-0.1, -0.05) is 20.4 Å². The molecule has 0 aliphatic carbocycles. The first-order valence-corrected chi connectivity index (χ1v) is 5.78. The summed E-state index contributed by atoms with van der Waals surface area (Å²) in [6.07, 6.45) is 3.75. The number of carbonyl (C=O) groups is 1. The molecule has 1 rings (SSSR count). The number of carbonyl (C=O) groups excluding carboxylic acids is 1. The lowest BCUT2D eigenvalue weighted by Crippen LogP contribution is -2.43. The highest BCUT2D eigenvalue weighted by Crippen LogP contribution is 2.16. The van der Waals surface area contributed by atoms with Crippen molar-refractivity contribution in [3.05, 3.63) is 12.7 Å². The summed E-state index contributed by atoms with van der Waals surface area (Å²) in [6.45, 7) is 10.6. The van der Waals surface area contributed by atoms with Crippen molar-refractivity contribution in [3.63, 3.8) is 0 Å². The van der Waals surface area contributed by atoms with Gasteiger partial charge in [-0.15, -0.1) is 0 Å². The largest absolute Gasteiger partial charge is 0.339 e. The maximum absolute atomic E-state index is 11.4. The van der Waals surface area contributed by atoms with Crippen LogP contribution < -0.4 is 5.32 Å². The average molecular weight is 210 g/mol. The van der Waals surface area contributed by atoms with Gasteiger partial charge in [0.05, 0.1) is 0 Å². The molecule has 15 heavy (non-hydrogen) atoms. The van der Waals surface area contributed by atoms with Crippen molar-refractivity contribution in [2.75, 3.05) is 19.6 Å². The summed E-state index contributed by atoms with van der Waals surface area (Å²) in [5.41, 5.74) is 0. The highest BCUT2D eigenvalue weighted by Gasteiger charge is 2.21. The Balaban J connectivity index is 2.35. The van der Waals surface area contributed by atoms with E-state index in [1.54, 1.807) is 0 Å². The first kappa shape index (κ1) is 12.2. The zero-order valence-corrected chi connectivity index (χ0v) is 9.83. The van der Waals surface area contributed by atoms with Crippen LogP contribution in [0.25, 0.3) is 0 Å². The van der Waals surface area contributed by atoms with Gasteiger partial charge in [-0.25, -0.2) is 0 Å². The molecule has 86 valence electrons. The third-order valence-electron chi connectivity index (χ3n) is 2.82. The molecule has 0 saturated carbocycles. The summed E-state index contributed by atoms with van der Waals surface area (Å²) < 4.78 is 0. The van der Waals surface area contributed by atoms with Crippen LogP contribution in [0.15, 0.2) is 12.7 Å². The van der Waals surface area contributed by atoms with E-state index in [0.29, 0.717) is 12.0 Å². The summed E-state index contributed by atoms with van der Waals surface area (Å²) in [4.78, 5) is 13.3. The predicted molar refractivity (Wildman–Crippen MR) is 62.6 cm³/mol. The Kier molecular flexibility index (Phi) is 4.82. The van der Waals surface area contributed by atoms with Gasteiger partial charge in [0.1, 0.15) is 0 Å². The average Bonchev–Trinajstić information content (AvgIpc) is 2.25. The van der Waals surface area contributed by atoms with E-state index in [2.05, 4.69) is 25.7 Å². The van der Waals surface area contributed by atoms with Gasteiger partial charge in [0, 0.05) is 19.1 Å². The maximum atomic E-state index is 11.4. The molecule has 1 amide bonds. The number of piperidine rings is 1. The van der Waals surface area contributed by atoms with Crippen molar-refractivity contribution in [3.8, 4) is 0 Å². The SMILES string of the molecule is C=CC(=O)N1CCCC(CNC(C)C)C1. The second kappa shape index (κ2) is 5.91. The summed E-state index contributed by atoms with van der Waals surface area (Å²) >= 11 is 0. The lowest BCUT2D eigenvalue weighted by atomic mass is 9.97. The highest BCUT2D eigenvalue weighted by atomic mass is 16.2. The van der Waals surface area contributed by atoms with Crippen molar-refractivity contribution in [1.82, 2.24) is 10.2 Å². The van der Waals surface area contributed by atoms with Crippen LogP contribution in [-0.2, 0) is 4.79 Å². The van der Waals surface area contributed by atoms with Gasteiger partial charge in [0.15, 0.2) is 0 Å². The quantitative estimate of drug-likeness (QED) is 0.712. The minimum atomic E-state index is 0.0734. The van der Waals surface area contributed by atoms with E-state index in [4.69, 9.17) is 0 Å². The molecule has 3 nitrogen and oxygen atoms in total. The Bertz CT molecular complexity index is 226. The molecule has 1 aliphatic rings. The zero-order valence-electron chi connectivity index (χ0n) is 9.83. The van der Waals surface area contributed by atoms with E-state index in [-0.39, 0.29) is 5.91 Å². The molecule has 0 aromatic carbocycles. The Morgan fingerprint density at radius 3 is 3.00 bits per heavy atom. The number of hydrogen-bond acceptors (Lipinski definition) is 2. The van der Waals surface area contributed by atoms with Crippen molar-refractivity contribution < 1.29 is 4.79 Å². The van der Waals surface area contributed by atoms with Gasteiger partial charge < -0.3 is 10.2 Å². The third-order valence-corrected chi connectivity index (χ3v) is 2.82. The number of likely N-dealkylation sites (tertiary alicyclic amines) is 1. The molecule has 0 radical (unpaired) electrons. The number of amides is 1. The lowest BCUT2D eigenvalue weighted by molar-refractivity contribution is -0.127. The highest BCUT2D eigenvalue weighted by molar-refractivity contribution is 5.87.